The Hall–Kier alpha value is -2.74. The first-order chi connectivity index (χ1) is 14.6. The molecule has 2 aliphatic heterocycles. The van der Waals surface area contributed by atoms with Crippen LogP contribution in [-0.4, -0.2) is 22.8 Å². The van der Waals surface area contributed by atoms with Crippen LogP contribution in [0.2, 0.25) is 5.02 Å². The molecule has 30 heavy (non-hydrogen) atoms. The number of fused-ring (bicyclic) bond motifs is 1. The van der Waals surface area contributed by atoms with Crippen LogP contribution in [0.3, 0.4) is 0 Å². The maximum atomic E-state index is 12.9. The molecule has 1 fully saturated rings. The van der Waals surface area contributed by atoms with Crippen molar-refractivity contribution in [1.29, 1.82) is 0 Å². The number of carbonyl (C=O) groups is 2. The van der Waals surface area contributed by atoms with E-state index in [1.165, 1.54) is 4.90 Å². The lowest BCUT2D eigenvalue weighted by Crippen LogP contribution is -2.27. The summed E-state index contributed by atoms with van der Waals surface area (Å²) in [6, 6.07) is 17.4. The van der Waals surface area contributed by atoms with Crippen molar-refractivity contribution in [2.24, 2.45) is 0 Å². The molecule has 0 N–H and O–H groups in total. The molecule has 3 heterocycles. The number of benzene rings is 2. The van der Waals surface area contributed by atoms with Crippen LogP contribution < -0.4 is 9.47 Å². The summed E-state index contributed by atoms with van der Waals surface area (Å²) in [5, 5.41) is 0.105. The monoisotopic (exact) mass is 455 g/mol. The second-order valence-corrected chi connectivity index (χ2v) is 9.15. The number of amides is 2. The molecule has 1 aromatic heterocycles. The summed E-state index contributed by atoms with van der Waals surface area (Å²) in [5.74, 6) is 0.794. The van der Waals surface area contributed by atoms with Crippen molar-refractivity contribution in [3.05, 3.63) is 75.0 Å². The Bertz CT molecular complexity index is 1190. The zero-order valence-corrected chi connectivity index (χ0v) is 17.9. The van der Waals surface area contributed by atoms with Gasteiger partial charge in [0.05, 0.1) is 11.4 Å². The van der Waals surface area contributed by atoms with Crippen molar-refractivity contribution in [1.82, 2.24) is 4.90 Å². The summed E-state index contributed by atoms with van der Waals surface area (Å²) in [6.45, 7) is 0.211. The zero-order valence-electron chi connectivity index (χ0n) is 15.5. The van der Waals surface area contributed by atoms with Gasteiger partial charge in [0.15, 0.2) is 11.5 Å². The van der Waals surface area contributed by atoms with Gasteiger partial charge in [-0.3, -0.25) is 14.5 Å². The highest BCUT2D eigenvalue weighted by atomic mass is 35.5. The number of carbonyl (C=O) groups excluding carboxylic acids is 2. The molecular formula is C22H14ClNO4S2. The Balaban J connectivity index is 1.37. The van der Waals surface area contributed by atoms with Gasteiger partial charge in [-0.15, -0.1) is 11.3 Å². The van der Waals surface area contributed by atoms with Crippen molar-refractivity contribution in [2.45, 2.75) is 6.54 Å². The SMILES string of the molecule is O=C1S/C(=C\c2ccc(-c3ccccc3)s2)C(=O)N1Cc1cc2c(cc1Cl)OCO2. The molecule has 1 saturated heterocycles. The summed E-state index contributed by atoms with van der Waals surface area (Å²) < 4.78 is 10.7. The number of ether oxygens (including phenoxy) is 2. The molecular weight excluding hydrogens is 442 g/mol. The minimum Gasteiger partial charge on any atom is -0.454 e. The average molecular weight is 456 g/mol. The number of thioether (sulfide) groups is 1. The zero-order chi connectivity index (χ0) is 20.7. The lowest BCUT2D eigenvalue weighted by atomic mass is 10.2. The minimum absolute atomic E-state index is 0.0805. The van der Waals surface area contributed by atoms with Gasteiger partial charge in [-0.1, -0.05) is 41.9 Å². The number of halogens is 1. The highest BCUT2D eigenvalue weighted by Gasteiger charge is 2.35. The maximum Gasteiger partial charge on any atom is 0.293 e. The molecule has 0 aliphatic carbocycles. The van der Waals surface area contributed by atoms with Gasteiger partial charge in [-0.05, 0) is 47.2 Å². The molecule has 3 aromatic rings. The van der Waals surface area contributed by atoms with E-state index < -0.39 is 0 Å². The maximum absolute atomic E-state index is 12.9. The highest BCUT2D eigenvalue weighted by Crippen LogP contribution is 2.40. The van der Waals surface area contributed by atoms with E-state index in [-0.39, 0.29) is 24.5 Å². The van der Waals surface area contributed by atoms with E-state index >= 15 is 0 Å². The molecule has 2 amide bonds. The molecule has 150 valence electrons. The first-order valence-corrected chi connectivity index (χ1v) is 11.1. The van der Waals surface area contributed by atoms with Crippen LogP contribution in [0.1, 0.15) is 10.4 Å². The predicted octanol–water partition coefficient (Wildman–Crippen LogP) is 6.03. The summed E-state index contributed by atoms with van der Waals surface area (Å²) in [4.78, 5) is 29.0. The first-order valence-electron chi connectivity index (χ1n) is 9.07. The number of nitrogens with zero attached hydrogens (tertiary/aromatic N) is 1. The van der Waals surface area contributed by atoms with E-state index in [4.69, 9.17) is 21.1 Å². The van der Waals surface area contributed by atoms with E-state index in [1.54, 1.807) is 29.5 Å². The fourth-order valence-electron chi connectivity index (χ4n) is 3.20. The lowest BCUT2D eigenvalue weighted by Gasteiger charge is -2.14. The number of imide groups is 1. The topological polar surface area (TPSA) is 55.8 Å². The summed E-state index contributed by atoms with van der Waals surface area (Å²) in [6.07, 6.45) is 1.77. The lowest BCUT2D eigenvalue weighted by molar-refractivity contribution is -0.123. The van der Waals surface area contributed by atoms with Gasteiger partial charge < -0.3 is 9.47 Å². The molecule has 5 nitrogen and oxygen atoms in total. The molecule has 0 bridgehead atoms. The third kappa shape index (κ3) is 3.60. The van der Waals surface area contributed by atoms with Crippen molar-refractivity contribution >= 4 is 51.9 Å². The molecule has 0 saturated carbocycles. The third-order valence-electron chi connectivity index (χ3n) is 4.70. The van der Waals surface area contributed by atoms with E-state index in [0.717, 1.165) is 27.1 Å². The van der Waals surface area contributed by atoms with Gasteiger partial charge >= 0.3 is 0 Å². The van der Waals surface area contributed by atoms with Crippen LogP contribution in [-0.2, 0) is 11.3 Å². The quantitative estimate of drug-likeness (QED) is 0.449. The number of hydrogen-bond acceptors (Lipinski definition) is 6. The molecule has 0 unspecified atom stereocenters. The predicted molar refractivity (Wildman–Crippen MR) is 119 cm³/mol. The molecule has 2 aliphatic rings. The van der Waals surface area contributed by atoms with Crippen LogP contribution in [0.25, 0.3) is 16.5 Å². The molecule has 8 heteroatoms. The summed E-state index contributed by atoms with van der Waals surface area (Å²) in [7, 11) is 0. The molecule has 2 aromatic carbocycles. The second-order valence-electron chi connectivity index (χ2n) is 6.63. The minimum atomic E-state index is -0.326. The normalized spacial score (nSPS) is 16.7. The number of thiophene rings is 1. The fourth-order valence-corrected chi connectivity index (χ4v) is 5.28. The Morgan fingerprint density at radius 1 is 1.03 bits per heavy atom. The highest BCUT2D eigenvalue weighted by molar-refractivity contribution is 8.18. The Morgan fingerprint density at radius 2 is 1.80 bits per heavy atom. The van der Waals surface area contributed by atoms with Crippen molar-refractivity contribution in [3.8, 4) is 21.9 Å². The summed E-state index contributed by atoms with van der Waals surface area (Å²) >= 11 is 8.82. The Morgan fingerprint density at radius 3 is 2.60 bits per heavy atom. The molecule has 5 rings (SSSR count). The molecule has 0 radical (unpaired) electrons. The van der Waals surface area contributed by atoms with E-state index in [0.29, 0.717) is 27.0 Å². The van der Waals surface area contributed by atoms with Gasteiger partial charge in [-0.2, -0.15) is 0 Å². The van der Waals surface area contributed by atoms with Gasteiger partial charge in [0.2, 0.25) is 6.79 Å². The summed E-state index contributed by atoms with van der Waals surface area (Å²) in [5.41, 5.74) is 1.75. The fraction of sp³-hybridized carbons (Fsp3) is 0.0909. The average Bonchev–Trinajstić information content (AvgIpc) is 3.45. The number of rotatable bonds is 4. The third-order valence-corrected chi connectivity index (χ3v) is 7.04. The van der Waals surface area contributed by atoms with Crippen molar-refractivity contribution < 1.29 is 19.1 Å². The van der Waals surface area contributed by atoms with Gasteiger partial charge in [0.1, 0.15) is 0 Å². The Kier molecular flexibility index (Phi) is 5.02. The molecule has 0 atom stereocenters. The van der Waals surface area contributed by atoms with E-state index in [1.807, 2.05) is 42.5 Å². The second kappa shape index (κ2) is 7.83. The van der Waals surface area contributed by atoms with Crippen LogP contribution >= 0.6 is 34.7 Å². The van der Waals surface area contributed by atoms with Gasteiger partial charge in [-0.25, -0.2) is 0 Å². The van der Waals surface area contributed by atoms with Gasteiger partial charge in [0.25, 0.3) is 11.1 Å². The molecule has 0 spiro atoms. The van der Waals surface area contributed by atoms with Crippen LogP contribution in [0, 0.1) is 0 Å². The smallest absolute Gasteiger partial charge is 0.293 e. The van der Waals surface area contributed by atoms with E-state index in [2.05, 4.69) is 0 Å². The van der Waals surface area contributed by atoms with E-state index in [9.17, 15) is 9.59 Å². The Labute approximate surface area is 185 Å². The van der Waals surface area contributed by atoms with Crippen molar-refractivity contribution in [3.63, 3.8) is 0 Å². The number of hydrogen-bond donors (Lipinski definition) is 0. The van der Waals surface area contributed by atoms with Crippen LogP contribution in [0.4, 0.5) is 4.79 Å². The van der Waals surface area contributed by atoms with Crippen LogP contribution in [0.5, 0.6) is 11.5 Å². The largest absolute Gasteiger partial charge is 0.454 e. The van der Waals surface area contributed by atoms with Gasteiger partial charge in [0, 0.05) is 20.8 Å². The standard InChI is InChI=1S/C22H14ClNO4S2/c23-16-10-18-17(27-12-28-18)8-14(16)11-24-21(25)20(30-22(24)26)9-15-6-7-19(29-15)13-4-2-1-3-5-13/h1-10H,11-12H2/b20-9-. The van der Waals surface area contributed by atoms with Crippen LogP contribution in [0.15, 0.2) is 59.5 Å². The first kappa shape index (κ1) is 19.2. The van der Waals surface area contributed by atoms with Crippen molar-refractivity contribution in [2.75, 3.05) is 6.79 Å².